The molecule has 0 amide bonds. The van der Waals surface area contributed by atoms with Crippen molar-refractivity contribution in [1.82, 2.24) is 4.98 Å². The van der Waals surface area contributed by atoms with Crippen LogP contribution in [0, 0.1) is 0 Å². The summed E-state index contributed by atoms with van der Waals surface area (Å²) in [5.74, 6) is -0.606. The smallest absolute Gasteiger partial charge is 0.416 e. The van der Waals surface area contributed by atoms with Gasteiger partial charge in [-0.15, -0.1) is 0 Å². The first-order valence-corrected chi connectivity index (χ1v) is 9.59. The van der Waals surface area contributed by atoms with Gasteiger partial charge >= 0.3 is 12.1 Å². The summed E-state index contributed by atoms with van der Waals surface area (Å²) in [6, 6.07) is 9.56. The van der Waals surface area contributed by atoms with Gasteiger partial charge in [0.05, 0.1) is 28.3 Å². The van der Waals surface area contributed by atoms with Crippen LogP contribution in [0.15, 0.2) is 53.4 Å². The molecule has 0 bridgehead atoms. The number of rotatable bonds is 5. The summed E-state index contributed by atoms with van der Waals surface area (Å²) in [5, 5.41) is 0.535. The molecule has 2 aromatic carbocycles. The summed E-state index contributed by atoms with van der Waals surface area (Å²) >= 11 is 0. The first-order valence-electron chi connectivity index (χ1n) is 8.11. The molecule has 0 aliphatic rings. The summed E-state index contributed by atoms with van der Waals surface area (Å²) in [4.78, 5) is 14.1. The van der Waals surface area contributed by atoms with E-state index in [-0.39, 0.29) is 18.0 Å². The van der Waals surface area contributed by atoms with Crippen molar-refractivity contribution in [3.8, 4) is 0 Å². The van der Waals surface area contributed by atoms with Gasteiger partial charge in [0, 0.05) is 5.39 Å². The number of hydrogen-bond acceptors (Lipinski definition) is 4. The average Bonchev–Trinajstić information content (AvgIpc) is 3.07. The van der Waals surface area contributed by atoms with Crippen molar-refractivity contribution in [2.45, 2.75) is 18.0 Å². The molecule has 2 N–H and O–H groups in total. The van der Waals surface area contributed by atoms with Gasteiger partial charge in [0.15, 0.2) is 0 Å². The monoisotopic (exact) mass is 412 g/mol. The number of ether oxygens (including phenoxy) is 1. The van der Waals surface area contributed by atoms with Gasteiger partial charge in [-0.2, -0.15) is 13.2 Å². The number of esters is 1. The summed E-state index contributed by atoms with van der Waals surface area (Å²) in [5.41, 5.74) is -0.549. The van der Waals surface area contributed by atoms with Gasteiger partial charge < -0.3 is 9.72 Å². The third-order valence-corrected chi connectivity index (χ3v) is 5.23. The maximum absolute atomic E-state index is 12.9. The van der Waals surface area contributed by atoms with Crippen LogP contribution in [-0.2, 0) is 20.9 Å². The Balaban J connectivity index is 1.99. The number of aromatic amines is 1. The number of sulfonamides is 1. The van der Waals surface area contributed by atoms with E-state index >= 15 is 0 Å². The number of carbonyl (C=O) groups is 1. The summed E-state index contributed by atoms with van der Waals surface area (Å²) in [6.07, 6.45) is -4.67. The second-order valence-corrected chi connectivity index (χ2v) is 7.49. The third kappa shape index (κ3) is 3.96. The number of fused-ring (bicyclic) bond motifs is 1. The number of benzene rings is 2. The molecule has 0 aliphatic carbocycles. The predicted octanol–water partition coefficient (Wildman–Crippen LogP) is 4.16. The Bertz CT molecular complexity index is 1140. The summed E-state index contributed by atoms with van der Waals surface area (Å²) in [7, 11) is -4.29. The highest BCUT2D eigenvalue weighted by atomic mass is 32.2. The van der Waals surface area contributed by atoms with E-state index in [1.54, 1.807) is 19.1 Å². The van der Waals surface area contributed by atoms with Crippen LogP contribution in [0.4, 0.5) is 18.9 Å². The second-order valence-electron chi connectivity index (χ2n) is 5.80. The van der Waals surface area contributed by atoms with Crippen LogP contribution in [0.25, 0.3) is 10.9 Å². The lowest BCUT2D eigenvalue weighted by Crippen LogP contribution is -2.15. The second kappa shape index (κ2) is 7.19. The minimum Gasteiger partial charge on any atom is -0.461 e. The Morgan fingerprint density at radius 2 is 1.86 bits per heavy atom. The zero-order chi connectivity index (χ0) is 20.5. The lowest BCUT2D eigenvalue weighted by Gasteiger charge is -2.11. The number of anilines is 1. The molecule has 0 spiro atoms. The van der Waals surface area contributed by atoms with Crippen molar-refractivity contribution >= 4 is 32.6 Å². The van der Waals surface area contributed by atoms with Crippen molar-refractivity contribution < 1.29 is 31.1 Å². The minimum absolute atomic E-state index is 0.0884. The number of para-hydroxylation sites is 1. The summed E-state index contributed by atoms with van der Waals surface area (Å²) < 4.78 is 70.9. The molecule has 0 atom stereocenters. The van der Waals surface area contributed by atoms with Gasteiger partial charge in [0.1, 0.15) is 5.69 Å². The highest BCUT2D eigenvalue weighted by Crippen LogP contribution is 2.31. The van der Waals surface area contributed by atoms with Crippen LogP contribution in [0.1, 0.15) is 23.0 Å². The molecule has 1 aromatic heterocycles. The predicted molar refractivity (Wildman–Crippen MR) is 96.5 cm³/mol. The third-order valence-electron chi connectivity index (χ3n) is 3.87. The quantitative estimate of drug-likeness (QED) is 0.616. The lowest BCUT2D eigenvalue weighted by atomic mass is 10.2. The van der Waals surface area contributed by atoms with Crippen LogP contribution in [0.3, 0.4) is 0 Å². The molecule has 0 saturated heterocycles. The van der Waals surface area contributed by atoms with E-state index < -0.39 is 32.6 Å². The van der Waals surface area contributed by atoms with Gasteiger partial charge in [-0.3, -0.25) is 4.72 Å². The van der Waals surface area contributed by atoms with E-state index in [4.69, 9.17) is 4.74 Å². The molecule has 1 heterocycles. The van der Waals surface area contributed by atoms with E-state index in [0.29, 0.717) is 17.0 Å². The number of nitrogens with one attached hydrogen (secondary N) is 2. The molecule has 0 unspecified atom stereocenters. The number of hydrogen-bond donors (Lipinski definition) is 2. The Labute approximate surface area is 158 Å². The van der Waals surface area contributed by atoms with Crippen LogP contribution >= 0.6 is 0 Å². The minimum atomic E-state index is -4.67. The number of H-pyrrole nitrogens is 1. The molecule has 0 saturated carbocycles. The number of aromatic nitrogens is 1. The van der Waals surface area contributed by atoms with Crippen molar-refractivity contribution in [1.29, 1.82) is 0 Å². The fourth-order valence-corrected chi connectivity index (χ4v) is 3.72. The van der Waals surface area contributed by atoms with Gasteiger partial charge in [-0.25, -0.2) is 13.2 Å². The van der Waals surface area contributed by atoms with E-state index in [1.807, 2.05) is 0 Å². The zero-order valence-corrected chi connectivity index (χ0v) is 15.3. The maximum Gasteiger partial charge on any atom is 0.416 e. The SMILES string of the molecule is CCOC(=O)c1cc2cccc(NS(=O)(=O)c3cccc(C(F)(F)F)c3)c2[nH]1. The molecule has 0 aliphatic heterocycles. The van der Waals surface area contributed by atoms with Gasteiger partial charge in [-0.1, -0.05) is 18.2 Å². The van der Waals surface area contributed by atoms with E-state index in [9.17, 15) is 26.4 Å². The molecule has 148 valence electrons. The highest BCUT2D eigenvalue weighted by molar-refractivity contribution is 7.92. The van der Waals surface area contributed by atoms with Crippen molar-refractivity contribution in [2.24, 2.45) is 0 Å². The van der Waals surface area contributed by atoms with Crippen LogP contribution < -0.4 is 4.72 Å². The first kappa shape index (κ1) is 19.7. The molecule has 6 nitrogen and oxygen atoms in total. The molecule has 10 heteroatoms. The zero-order valence-electron chi connectivity index (χ0n) is 14.5. The van der Waals surface area contributed by atoms with Gasteiger partial charge in [-0.05, 0) is 37.3 Å². The fourth-order valence-electron chi connectivity index (χ4n) is 2.60. The number of carbonyl (C=O) groups excluding carboxylic acids is 1. The Hall–Kier alpha value is -3.01. The molecule has 28 heavy (non-hydrogen) atoms. The molecule has 0 fully saturated rings. The van der Waals surface area contributed by atoms with Crippen LogP contribution in [0.2, 0.25) is 0 Å². The topological polar surface area (TPSA) is 88.3 Å². The van der Waals surface area contributed by atoms with E-state index in [0.717, 1.165) is 18.2 Å². The molecule has 3 rings (SSSR count). The molecule has 3 aromatic rings. The van der Waals surface area contributed by atoms with Crippen molar-refractivity contribution in [2.75, 3.05) is 11.3 Å². The largest absolute Gasteiger partial charge is 0.461 e. The lowest BCUT2D eigenvalue weighted by molar-refractivity contribution is -0.137. The summed E-state index contributed by atoms with van der Waals surface area (Å²) in [6.45, 7) is 1.82. The Kier molecular flexibility index (Phi) is 5.07. The number of alkyl halides is 3. The van der Waals surface area contributed by atoms with E-state index in [2.05, 4.69) is 9.71 Å². The van der Waals surface area contributed by atoms with Crippen LogP contribution in [0.5, 0.6) is 0 Å². The Morgan fingerprint density at radius 3 is 2.54 bits per heavy atom. The van der Waals surface area contributed by atoms with Gasteiger partial charge in [0.25, 0.3) is 10.0 Å². The standard InChI is InChI=1S/C18H15F3N2O4S/c1-2-27-17(24)15-9-11-5-3-8-14(16(11)22-15)23-28(25,26)13-7-4-6-12(10-13)18(19,20)21/h3-10,22-23H,2H2,1H3. The fraction of sp³-hybridized carbons (Fsp3) is 0.167. The average molecular weight is 412 g/mol. The highest BCUT2D eigenvalue weighted by Gasteiger charge is 2.31. The van der Waals surface area contributed by atoms with Crippen molar-refractivity contribution in [3.05, 3.63) is 59.8 Å². The Morgan fingerprint density at radius 1 is 1.14 bits per heavy atom. The molecular weight excluding hydrogens is 397 g/mol. The normalized spacial score (nSPS) is 12.1. The molecular formula is C18H15F3N2O4S. The van der Waals surface area contributed by atoms with E-state index in [1.165, 1.54) is 12.1 Å². The van der Waals surface area contributed by atoms with Crippen molar-refractivity contribution in [3.63, 3.8) is 0 Å². The van der Waals surface area contributed by atoms with Crippen LogP contribution in [-0.4, -0.2) is 26.0 Å². The maximum atomic E-state index is 12.9. The first-order chi connectivity index (χ1) is 13.1. The number of halogens is 3. The van der Waals surface area contributed by atoms with Gasteiger partial charge in [0.2, 0.25) is 0 Å². The molecule has 0 radical (unpaired) electrons.